The van der Waals surface area contributed by atoms with E-state index >= 15 is 0 Å². The van der Waals surface area contributed by atoms with Crippen LogP contribution in [0.4, 0.5) is 5.13 Å². The molecule has 100 valence electrons. The van der Waals surface area contributed by atoms with Crippen LogP contribution in [0.15, 0.2) is 5.38 Å². The smallest absolute Gasteiger partial charge is 0.309 e. The largest absolute Gasteiger partial charge is 0.481 e. The van der Waals surface area contributed by atoms with Crippen LogP contribution in [0.1, 0.15) is 38.3 Å². The maximum absolute atomic E-state index is 10.6. The van der Waals surface area contributed by atoms with E-state index < -0.39 is 5.97 Å². The van der Waals surface area contributed by atoms with Crippen LogP contribution in [0.3, 0.4) is 0 Å². The minimum Gasteiger partial charge on any atom is -0.481 e. The molecule has 1 fully saturated rings. The second-order valence-corrected chi connectivity index (χ2v) is 6.09. The van der Waals surface area contributed by atoms with Crippen molar-refractivity contribution < 1.29 is 9.90 Å². The van der Waals surface area contributed by atoms with Gasteiger partial charge in [-0.3, -0.25) is 4.79 Å². The maximum Gasteiger partial charge on any atom is 0.309 e. The molecule has 1 aromatic heterocycles. The zero-order valence-corrected chi connectivity index (χ0v) is 11.5. The van der Waals surface area contributed by atoms with Crippen LogP contribution in [0.5, 0.6) is 0 Å². The van der Waals surface area contributed by atoms with Crippen molar-refractivity contribution in [1.29, 1.82) is 0 Å². The number of rotatable bonds is 5. The highest BCUT2D eigenvalue weighted by molar-refractivity contribution is 7.13. The van der Waals surface area contributed by atoms with Crippen molar-refractivity contribution in [2.24, 2.45) is 11.8 Å². The first-order valence-corrected chi connectivity index (χ1v) is 7.41. The van der Waals surface area contributed by atoms with E-state index in [4.69, 9.17) is 5.11 Å². The number of carboxylic acid groups (broad SMARTS) is 1. The number of carboxylic acids is 1. The van der Waals surface area contributed by atoms with Gasteiger partial charge in [-0.1, -0.05) is 19.8 Å². The number of hydrogen-bond donors (Lipinski definition) is 2. The van der Waals surface area contributed by atoms with Gasteiger partial charge in [0.2, 0.25) is 0 Å². The lowest BCUT2D eigenvalue weighted by Crippen LogP contribution is -2.20. The molecule has 0 bridgehead atoms. The third kappa shape index (κ3) is 3.98. The Morgan fingerprint density at radius 3 is 3.17 bits per heavy atom. The molecule has 1 saturated carbocycles. The highest BCUT2D eigenvalue weighted by Gasteiger charge is 2.18. The number of anilines is 1. The third-order valence-corrected chi connectivity index (χ3v) is 4.32. The highest BCUT2D eigenvalue weighted by atomic mass is 32.1. The molecule has 0 saturated heterocycles. The normalized spacial score (nSPS) is 23.8. The van der Waals surface area contributed by atoms with Gasteiger partial charge in [0.05, 0.1) is 12.1 Å². The number of thiazole rings is 1. The summed E-state index contributed by atoms with van der Waals surface area (Å²) < 4.78 is 0. The molecular formula is C13H20N2O2S. The van der Waals surface area contributed by atoms with E-state index in [0.29, 0.717) is 5.69 Å². The van der Waals surface area contributed by atoms with Crippen LogP contribution in [0.2, 0.25) is 0 Å². The van der Waals surface area contributed by atoms with E-state index in [-0.39, 0.29) is 6.42 Å². The van der Waals surface area contributed by atoms with Gasteiger partial charge in [0, 0.05) is 11.9 Å². The maximum atomic E-state index is 10.6. The minimum atomic E-state index is -0.826. The van der Waals surface area contributed by atoms with Crippen molar-refractivity contribution >= 4 is 22.4 Å². The Hall–Kier alpha value is -1.10. The van der Waals surface area contributed by atoms with E-state index in [1.54, 1.807) is 0 Å². The van der Waals surface area contributed by atoms with E-state index in [1.165, 1.54) is 37.0 Å². The summed E-state index contributed by atoms with van der Waals surface area (Å²) >= 11 is 1.50. The lowest BCUT2D eigenvalue weighted by Gasteiger charge is -2.26. The third-order valence-electron chi connectivity index (χ3n) is 3.47. The Kier molecular flexibility index (Phi) is 4.58. The fourth-order valence-corrected chi connectivity index (χ4v) is 3.32. The number of aliphatic carboxylic acids is 1. The second-order valence-electron chi connectivity index (χ2n) is 5.23. The number of carbonyl (C=O) groups is 1. The van der Waals surface area contributed by atoms with E-state index in [1.807, 2.05) is 5.38 Å². The van der Waals surface area contributed by atoms with Crippen molar-refractivity contribution in [2.45, 2.75) is 39.0 Å². The monoisotopic (exact) mass is 268 g/mol. The van der Waals surface area contributed by atoms with Crippen molar-refractivity contribution in [3.8, 4) is 0 Å². The summed E-state index contributed by atoms with van der Waals surface area (Å²) in [5.74, 6) is 0.748. The van der Waals surface area contributed by atoms with Gasteiger partial charge < -0.3 is 10.4 Å². The molecule has 2 N–H and O–H groups in total. The predicted octanol–water partition coefficient (Wildman–Crippen LogP) is 3.01. The Morgan fingerprint density at radius 2 is 2.44 bits per heavy atom. The molecular weight excluding hydrogens is 248 g/mol. The molecule has 0 aliphatic heterocycles. The van der Waals surface area contributed by atoms with Crippen molar-refractivity contribution in [3.05, 3.63) is 11.1 Å². The first kappa shape index (κ1) is 13.3. The molecule has 5 heteroatoms. The highest BCUT2D eigenvalue weighted by Crippen LogP contribution is 2.29. The van der Waals surface area contributed by atoms with E-state index in [2.05, 4.69) is 17.2 Å². The summed E-state index contributed by atoms with van der Waals surface area (Å²) in [6.45, 7) is 3.28. The summed E-state index contributed by atoms with van der Waals surface area (Å²) in [4.78, 5) is 14.8. The number of nitrogens with one attached hydrogen (secondary N) is 1. The van der Waals surface area contributed by atoms with Crippen LogP contribution in [0, 0.1) is 11.8 Å². The fraction of sp³-hybridized carbons (Fsp3) is 0.692. The quantitative estimate of drug-likeness (QED) is 0.861. The molecule has 0 spiro atoms. The SMILES string of the molecule is CC1CCCC(CNc2nc(CC(=O)O)cs2)C1. The molecule has 1 aliphatic rings. The second kappa shape index (κ2) is 6.18. The summed E-state index contributed by atoms with van der Waals surface area (Å²) in [7, 11) is 0. The van der Waals surface area contributed by atoms with Gasteiger partial charge in [0.1, 0.15) is 0 Å². The minimum absolute atomic E-state index is 0.0125. The van der Waals surface area contributed by atoms with E-state index in [9.17, 15) is 4.79 Å². The number of hydrogen-bond acceptors (Lipinski definition) is 4. The topological polar surface area (TPSA) is 62.2 Å². The molecule has 4 nitrogen and oxygen atoms in total. The summed E-state index contributed by atoms with van der Waals surface area (Å²) in [6, 6.07) is 0. The molecule has 0 radical (unpaired) electrons. The standard InChI is InChI=1S/C13H20N2O2S/c1-9-3-2-4-10(5-9)7-14-13-15-11(8-18-13)6-12(16)17/h8-10H,2-7H2,1H3,(H,14,15)(H,16,17). The van der Waals surface area contributed by atoms with Gasteiger partial charge in [-0.05, 0) is 24.7 Å². The van der Waals surface area contributed by atoms with Gasteiger partial charge in [0.25, 0.3) is 0 Å². The zero-order valence-electron chi connectivity index (χ0n) is 10.7. The number of nitrogens with zero attached hydrogens (tertiary/aromatic N) is 1. The van der Waals surface area contributed by atoms with Crippen LogP contribution in [-0.4, -0.2) is 22.6 Å². The Balaban J connectivity index is 1.79. The van der Waals surface area contributed by atoms with Gasteiger partial charge >= 0.3 is 5.97 Å². The van der Waals surface area contributed by atoms with Gasteiger partial charge in [-0.25, -0.2) is 4.98 Å². The molecule has 18 heavy (non-hydrogen) atoms. The molecule has 2 unspecified atom stereocenters. The summed E-state index contributed by atoms with van der Waals surface area (Å²) in [5.41, 5.74) is 0.645. The van der Waals surface area contributed by atoms with E-state index in [0.717, 1.165) is 23.5 Å². The predicted molar refractivity (Wildman–Crippen MR) is 73.1 cm³/mol. The average molecular weight is 268 g/mol. The summed E-state index contributed by atoms with van der Waals surface area (Å²) in [5, 5.41) is 14.7. The van der Waals surface area contributed by atoms with Crippen LogP contribution < -0.4 is 5.32 Å². The molecule has 1 heterocycles. The summed E-state index contributed by atoms with van der Waals surface area (Å²) in [6.07, 6.45) is 5.29. The Morgan fingerprint density at radius 1 is 1.61 bits per heavy atom. The zero-order chi connectivity index (χ0) is 13.0. The van der Waals surface area contributed by atoms with Crippen LogP contribution in [0.25, 0.3) is 0 Å². The lowest BCUT2D eigenvalue weighted by molar-refractivity contribution is -0.136. The first-order chi connectivity index (χ1) is 8.63. The van der Waals surface area contributed by atoms with Gasteiger partial charge in [-0.15, -0.1) is 11.3 Å². The van der Waals surface area contributed by atoms with Crippen molar-refractivity contribution in [2.75, 3.05) is 11.9 Å². The molecule has 2 rings (SSSR count). The Labute approximate surface area is 111 Å². The molecule has 0 aromatic carbocycles. The average Bonchev–Trinajstić information content (AvgIpc) is 2.73. The molecule has 1 aliphatic carbocycles. The molecule has 0 amide bonds. The lowest BCUT2D eigenvalue weighted by atomic mass is 9.82. The Bertz CT molecular complexity index is 405. The van der Waals surface area contributed by atoms with Gasteiger partial charge in [-0.2, -0.15) is 0 Å². The van der Waals surface area contributed by atoms with Crippen molar-refractivity contribution in [3.63, 3.8) is 0 Å². The molecule has 1 aromatic rings. The van der Waals surface area contributed by atoms with Crippen molar-refractivity contribution in [1.82, 2.24) is 4.98 Å². The molecule has 2 atom stereocenters. The van der Waals surface area contributed by atoms with Gasteiger partial charge in [0.15, 0.2) is 5.13 Å². The van der Waals surface area contributed by atoms with Crippen LogP contribution in [-0.2, 0) is 11.2 Å². The number of aromatic nitrogens is 1. The fourth-order valence-electron chi connectivity index (χ4n) is 2.60. The van der Waals surface area contributed by atoms with Crippen LogP contribution >= 0.6 is 11.3 Å². The first-order valence-electron chi connectivity index (χ1n) is 6.53.